The lowest BCUT2D eigenvalue weighted by molar-refractivity contribution is 0.586. The zero-order chi connectivity index (χ0) is 13.2. The van der Waals surface area contributed by atoms with Crippen molar-refractivity contribution in [3.63, 3.8) is 0 Å². The third-order valence-electron chi connectivity index (χ3n) is 2.67. The van der Waals surface area contributed by atoms with Crippen LogP contribution in [0.5, 0.6) is 0 Å². The topological polar surface area (TPSA) is 62.7 Å². The molecule has 1 aliphatic rings. The van der Waals surface area contributed by atoms with E-state index in [1.165, 1.54) is 12.3 Å². The summed E-state index contributed by atoms with van der Waals surface area (Å²) in [6.07, 6.45) is 3.73. The molecule has 1 aromatic heterocycles. The highest BCUT2D eigenvalue weighted by atomic mass is 19.1. The van der Waals surface area contributed by atoms with Crippen molar-refractivity contribution in [1.29, 1.82) is 0 Å². The van der Waals surface area contributed by atoms with E-state index in [1.54, 1.807) is 0 Å². The maximum absolute atomic E-state index is 13.5. The van der Waals surface area contributed by atoms with Gasteiger partial charge in [-0.1, -0.05) is 0 Å². The number of hydrogen-bond donors (Lipinski definition) is 2. The first kappa shape index (κ1) is 11.8. The van der Waals surface area contributed by atoms with Gasteiger partial charge in [-0.2, -0.15) is 10.1 Å². The van der Waals surface area contributed by atoms with Gasteiger partial charge in [0.2, 0.25) is 5.95 Å². The fraction of sp³-hybridized carbons (Fsp3) is 0.250. The molecule has 0 bridgehead atoms. The van der Waals surface area contributed by atoms with Crippen molar-refractivity contribution in [3.8, 4) is 0 Å². The molecule has 0 spiro atoms. The second-order valence-electron chi connectivity index (χ2n) is 4.33. The molecule has 98 valence electrons. The van der Waals surface area contributed by atoms with Gasteiger partial charge in [0.05, 0.1) is 11.9 Å². The average molecular weight is 263 g/mol. The Morgan fingerprint density at radius 2 is 2.05 bits per heavy atom. The summed E-state index contributed by atoms with van der Waals surface area (Å²) >= 11 is 0. The summed E-state index contributed by atoms with van der Waals surface area (Å²) in [6, 6.07) is 3.68. The summed E-state index contributed by atoms with van der Waals surface area (Å²) in [5.74, 6) is -0.589. The van der Waals surface area contributed by atoms with Crippen LogP contribution in [0.15, 0.2) is 24.4 Å². The molecule has 19 heavy (non-hydrogen) atoms. The van der Waals surface area contributed by atoms with Crippen molar-refractivity contribution in [3.05, 3.63) is 36.0 Å². The van der Waals surface area contributed by atoms with Gasteiger partial charge in [0.15, 0.2) is 5.82 Å². The predicted molar refractivity (Wildman–Crippen MR) is 66.1 cm³/mol. The monoisotopic (exact) mass is 263 g/mol. The number of rotatable bonds is 4. The average Bonchev–Trinajstić information content (AvgIpc) is 3.17. The molecule has 2 N–H and O–H groups in total. The highest BCUT2D eigenvalue weighted by molar-refractivity contribution is 5.54. The van der Waals surface area contributed by atoms with Gasteiger partial charge in [-0.05, 0) is 25.0 Å². The van der Waals surface area contributed by atoms with Crippen LogP contribution in [0.2, 0.25) is 0 Å². The summed E-state index contributed by atoms with van der Waals surface area (Å²) in [5.41, 5.74) is 0.103. The summed E-state index contributed by atoms with van der Waals surface area (Å²) in [5, 5.41) is 13.4. The van der Waals surface area contributed by atoms with Crippen LogP contribution in [0.4, 0.5) is 26.2 Å². The van der Waals surface area contributed by atoms with E-state index in [2.05, 4.69) is 25.8 Å². The van der Waals surface area contributed by atoms with Crippen molar-refractivity contribution >= 4 is 17.5 Å². The molecule has 1 aromatic carbocycles. The molecular weight excluding hydrogens is 252 g/mol. The van der Waals surface area contributed by atoms with E-state index in [9.17, 15) is 8.78 Å². The van der Waals surface area contributed by atoms with Gasteiger partial charge >= 0.3 is 0 Å². The molecule has 2 aromatic rings. The first-order chi connectivity index (χ1) is 9.20. The van der Waals surface area contributed by atoms with E-state index in [0.717, 1.165) is 25.0 Å². The van der Waals surface area contributed by atoms with Crippen molar-refractivity contribution in [2.45, 2.75) is 18.9 Å². The Balaban J connectivity index is 1.78. The molecule has 0 atom stereocenters. The van der Waals surface area contributed by atoms with E-state index < -0.39 is 11.6 Å². The molecule has 3 rings (SSSR count). The van der Waals surface area contributed by atoms with Gasteiger partial charge in [0, 0.05) is 12.1 Å². The maximum atomic E-state index is 13.5. The molecule has 1 saturated carbocycles. The third kappa shape index (κ3) is 2.93. The van der Waals surface area contributed by atoms with Crippen molar-refractivity contribution in [2.75, 3.05) is 10.6 Å². The van der Waals surface area contributed by atoms with Crippen molar-refractivity contribution in [2.24, 2.45) is 0 Å². The molecule has 0 unspecified atom stereocenters. The van der Waals surface area contributed by atoms with Gasteiger partial charge in [0.25, 0.3) is 0 Å². The summed E-state index contributed by atoms with van der Waals surface area (Å²) < 4.78 is 26.2. The molecule has 1 aliphatic carbocycles. The molecule has 1 fully saturated rings. The molecule has 0 radical (unpaired) electrons. The first-order valence-corrected chi connectivity index (χ1v) is 5.89. The standard InChI is InChI=1S/C12H11F2N5/c13-7-1-4-10(9(14)5-7)17-12-18-11(6-15-19-12)16-8-2-3-8/h1,4-6,8H,2-3H2,(H2,16,17,18,19). The minimum absolute atomic E-state index is 0.103. The highest BCUT2D eigenvalue weighted by Crippen LogP contribution is 2.24. The van der Waals surface area contributed by atoms with Crippen LogP contribution in [0, 0.1) is 11.6 Å². The molecule has 0 aliphatic heterocycles. The second-order valence-corrected chi connectivity index (χ2v) is 4.33. The molecule has 0 saturated heterocycles. The minimum Gasteiger partial charge on any atom is -0.366 e. The zero-order valence-electron chi connectivity index (χ0n) is 9.90. The third-order valence-corrected chi connectivity index (χ3v) is 2.67. The van der Waals surface area contributed by atoms with Crippen molar-refractivity contribution in [1.82, 2.24) is 15.2 Å². The lowest BCUT2D eigenvalue weighted by Gasteiger charge is -2.07. The Labute approximate surface area is 108 Å². The predicted octanol–water partition coefficient (Wildman–Crippen LogP) is 2.47. The zero-order valence-corrected chi connectivity index (χ0v) is 9.90. The molecular formula is C12H11F2N5. The minimum atomic E-state index is -0.704. The largest absolute Gasteiger partial charge is 0.366 e. The fourth-order valence-electron chi connectivity index (χ4n) is 1.57. The fourth-order valence-corrected chi connectivity index (χ4v) is 1.57. The Bertz CT molecular complexity index is 600. The SMILES string of the molecule is Fc1ccc(Nc2nncc(NC3CC3)n2)c(F)c1. The number of hydrogen-bond acceptors (Lipinski definition) is 5. The summed E-state index contributed by atoms with van der Waals surface area (Å²) in [7, 11) is 0. The molecule has 0 amide bonds. The van der Waals surface area contributed by atoms with Gasteiger partial charge in [-0.3, -0.25) is 0 Å². The van der Waals surface area contributed by atoms with Crippen LogP contribution >= 0.6 is 0 Å². The Morgan fingerprint density at radius 1 is 1.21 bits per heavy atom. The van der Waals surface area contributed by atoms with Crippen molar-refractivity contribution < 1.29 is 8.78 Å². The number of nitrogens with one attached hydrogen (secondary N) is 2. The van der Waals surface area contributed by atoms with E-state index in [-0.39, 0.29) is 11.6 Å². The van der Waals surface area contributed by atoms with Crippen LogP contribution in [0.25, 0.3) is 0 Å². The number of anilines is 3. The second kappa shape index (κ2) is 4.75. The maximum Gasteiger partial charge on any atom is 0.249 e. The van der Waals surface area contributed by atoms with E-state index in [0.29, 0.717) is 11.9 Å². The lowest BCUT2D eigenvalue weighted by atomic mass is 10.3. The normalized spacial score (nSPS) is 14.2. The summed E-state index contributed by atoms with van der Waals surface area (Å²) in [4.78, 5) is 4.16. The molecule has 7 heteroatoms. The smallest absolute Gasteiger partial charge is 0.249 e. The van der Waals surface area contributed by atoms with Gasteiger partial charge in [-0.15, -0.1) is 5.10 Å². The van der Waals surface area contributed by atoms with Gasteiger partial charge in [0.1, 0.15) is 11.6 Å². The van der Waals surface area contributed by atoms with Crippen LogP contribution < -0.4 is 10.6 Å². The van der Waals surface area contributed by atoms with Crippen LogP contribution in [-0.2, 0) is 0 Å². The van der Waals surface area contributed by atoms with Crippen LogP contribution in [0.1, 0.15) is 12.8 Å². The van der Waals surface area contributed by atoms with Gasteiger partial charge in [-0.25, -0.2) is 8.78 Å². The number of nitrogens with zero attached hydrogens (tertiary/aromatic N) is 3. The number of halogens is 2. The van der Waals surface area contributed by atoms with Crippen LogP contribution in [-0.4, -0.2) is 21.2 Å². The molecule has 1 heterocycles. The number of aromatic nitrogens is 3. The molecule has 5 nitrogen and oxygen atoms in total. The number of benzene rings is 1. The van der Waals surface area contributed by atoms with Crippen LogP contribution in [0.3, 0.4) is 0 Å². The first-order valence-electron chi connectivity index (χ1n) is 5.89. The lowest BCUT2D eigenvalue weighted by Crippen LogP contribution is -2.07. The van der Waals surface area contributed by atoms with E-state index in [4.69, 9.17) is 0 Å². The van der Waals surface area contributed by atoms with Gasteiger partial charge < -0.3 is 10.6 Å². The van der Waals surface area contributed by atoms with E-state index >= 15 is 0 Å². The quantitative estimate of drug-likeness (QED) is 0.887. The summed E-state index contributed by atoms with van der Waals surface area (Å²) in [6.45, 7) is 0. The Kier molecular flexibility index (Phi) is 2.94. The van der Waals surface area contributed by atoms with E-state index in [1.807, 2.05) is 0 Å². The Morgan fingerprint density at radius 3 is 2.79 bits per heavy atom. The Hall–Kier alpha value is -2.31. The highest BCUT2D eigenvalue weighted by Gasteiger charge is 2.21.